The smallest absolute Gasteiger partial charge is 0.344 e. The van der Waals surface area contributed by atoms with Gasteiger partial charge < -0.3 is 9.47 Å². The van der Waals surface area contributed by atoms with Gasteiger partial charge in [-0.1, -0.05) is 135 Å². The fraction of sp³-hybridized carbons (Fsp3) is 0.596. The van der Waals surface area contributed by atoms with Crippen molar-refractivity contribution in [1.29, 1.82) is 0 Å². The van der Waals surface area contributed by atoms with Crippen LogP contribution in [0.25, 0.3) is 0 Å². The predicted molar refractivity (Wildman–Crippen MR) is 217 cm³/mol. The highest BCUT2D eigenvalue weighted by molar-refractivity contribution is 7.97. The quantitative estimate of drug-likeness (QED) is 0.0472. The van der Waals surface area contributed by atoms with Crippen LogP contribution in [0.5, 0.6) is 5.75 Å². The highest BCUT2D eigenvalue weighted by Gasteiger charge is 2.36. The molecule has 0 atom stereocenters. The molecule has 280 valence electrons. The molecule has 4 heteroatoms. The Morgan fingerprint density at radius 3 is 1.35 bits per heavy atom. The van der Waals surface area contributed by atoms with Gasteiger partial charge in [0.2, 0.25) is 0 Å². The van der Waals surface area contributed by atoms with Crippen LogP contribution in [0.1, 0.15) is 167 Å². The number of benzene rings is 3. The first-order valence-electron chi connectivity index (χ1n) is 20.9. The van der Waals surface area contributed by atoms with Crippen LogP contribution in [0.2, 0.25) is 0 Å². The molecule has 0 heterocycles. The number of carbonyl (C=O) groups excluding carboxylic acids is 1. The first-order chi connectivity index (χ1) is 25.1. The molecule has 0 spiro atoms. The molecule has 0 saturated heterocycles. The number of unbranched alkanes of at least 4 members (excludes halogenated alkanes) is 14. The summed E-state index contributed by atoms with van der Waals surface area (Å²) < 4.78 is 11.8. The lowest BCUT2D eigenvalue weighted by Gasteiger charge is -2.27. The average molecular weight is 714 g/mol. The van der Waals surface area contributed by atoms with Gasteiger partial charge >= 0.3 is 5.97 Å². The zero-order chi connectivity index (χ0) is 36.0. The Kier molecular flexibility index (Phi) is 19.1. The van der Waals surface area contributed by atoms with Gasteiger partial charge in [0.15, 0.2) is 21.3 Å². The standard InChI is InChI=1S/C47H69O3S/c1-4-7-9-11-13-15-17-19-23-40-25-31-43(32-26-40)51(44-33-27-41(28-34-44)24-20-18-16-14-12-10-8-5-2)45-35-29-42(30-36-45)49-39-46(48)50-47(6-3)37-21-22-38-47/h25-36H,4-24,37-39H2,1-3H3/q+1. The Morgan fingerprint density at radius 2 is 0.941 bits per heavy atom. The van der Waals surface area contributed by atoms with Crippen molar-refractivity contribution in [1.82, 2.24) is 0 Å². The minimum atomic E-state index is -0.286. The fourth-order valence-electron chi connectivity index (χ4n) is 7.55. The van der Waals surface area contributed by atoms with Gasteiger partial charge in [-0.2, -0.15) is 0 Å². The lowest BCUT2D eigenvalue weighted by atomic mass is 9.99. The maximum absolute atomic E-state index is 12.7. The molecule has 0 amide bonds. The number of hydrogen-bond donors (Lipinski definition) is 0. The summed E-state index contributed by atoms with van der Waals surface area (Å²) in [6.07, 6.45) is 29.0. The van der Waals surface area contributed by atoms with Crippen LogP contribution in [0.4, 0.5) is 0 Å². The molecule has 3 aromatic rings. The Bertz CT molecular complexity index is 1280. The van der Waals surface area contributed by atoms with Crippen LogP contribution in [0, 0.1) is 0 Å². The molecule has 0 aliphatic heterocycles. The molecule has 0 radical (unpaired) electrons. The topological polar surface area (TPSA) is 35.5 Å². The summed E-state index contributed by atoms with van der Waals surface area (Å²) >= 11 is 0. The first kappa shape index (κ1) is 41.0. The number of esters is 1. The molecule has 0 unspecified atom stereocenters. The van der Waals surface area contributed by atoms with E-state index >= 15 is 0 Å². The van der Waals surface area contributed by atoms with E-state index in [9.17, 15) is 4.79 Å². The summed E-state index contributed by atoms with van der Waals surface area (Å²) in [7, 11) is -0.236. The second-order valence-electron chi connectivity index (χ2n) is 15.0. The molecular formula is C47H69O3S+. The van der Waals surface area contributed by atoms with E-state index in [0.29, 0.717) is 5.75 Å². The van der Waals surface area contributed by atoms with Gasteiger partial charge in [0, 0.05) is 0 Å². The van der Waals surface area contributed by atoms with Crippen molar-refractivity contribution < 1.29 is 14.3 Å². The van der Waals surface area contributed by atoms with Gasteiger partial charge in [-0.15, -0.1) is 0 Å². The number of ether oxygens (including phenoxy) is 2. The normalized spacial score (nSPS) is 13.9. The van der Waals surface area contributed by atoms with Crippen molar-refractivity contribution in [3.8, 4) is 5.75 Å². The fourth-order valence-corrected chi connectivity index (χ4v) is 9.59. The second-order valence-corrected chi connectivity index (χ2v) is 17.0. The summed E-state index contributed by atoms with van der Waals surface area (Å²) in [6, 6.07) is 27.2. The minimum absolute atomic E-state index is 0.0482. The van der Waals surface area contributed by atoms with E-state index in [2.05, 4.69) is 81.4 Å². The van der Waals surface area contributed by atoms with E-state index in [1.54, 1.807) is 0 Å². The van der Waals surface area contributed by atoms with Crippen molar-refractivity contribution in [3.63, 3.8) is 0 Å². The highest BCUT2D eigenvalue weighted by atomic mass is 32.2. The Morgan fingerprint density at radius 1 is 0.549 bits per heavy atom. The molecule has 1 aliphatic rings. The lowest BCUT2D eigenvalue weighted by Crippen LogP contribution is -2.33. The average Bonchev–Trinajstić information content (AvgIpc) is 3.63. The van der Waals surface area contributed by atoms with Gasteiger partial charge in [0.05, 0.1) is 10.9 Å². The molecule has 0 N–H and O–H groups in total. The van der Waals surface area contributed by atoms with E-state index in [-0.39, 0.29) is 29.1 Å². The van der Waals surface area contributed by atoms with Crippen molar-refractivity contribution in [2.24, 2.45) is 0 Å². The number of rotatable bonds is 26. The van der Waals surface area contributed by atoms with Gasteiger partial charge in [-0.05, 0) is 117 Å². The number of hydrogen-bond acceptors (Lipinski definition) is 3. The summed E-state index contributed by atoms with van der Waals surface area (Å²) in [5.41, 5.74) is 2.59. The number of aryl methyl sites for hydroxylation is 2. The van der Waals surface area contributed by atoms with Crippen LogP contribution in [0.3, 0.4) is 0 Å². The molecule has 3 aromatic carbocycles. The Hall–Kier alpha value is -2.72. The molecule has 1 aliphatic carbocycles. The Balaban J connectivity index is 1.37. The van der Waals surface area contributed by atoms with Crippen molar-refractivity contribution in [3.05, 3.63) is 83.9 Å². The molecule has 1 fully saturated rings. The summed E-state index contributed by atoms with van der Waals surface area (Å²) in [6.45, 7) is 6.64. The highest BCUT2D eigenvalue weighted by Crippen LogP contribution is 2.36. The van der Waals surface area contributed by atoms with Gasteiger partial charge in [0.1, 0.15) is 11.4 Å². The van der Waals surface area contributed by atoms with Crippen LogP contribution in [-0.2, 0) is 33.3 Å². The third-order valence-electron chi connectivity index (χ3n) is 10.9. The zero-order valence-corrected chi connectivity index (χ0v) is 33.3. The Labute approximate surface area is 315 Å². The van der Waals surface area contributed by atoms with Crippen LogP contribution >= 0.6 is 0 Å². The zero-order valence-electron chi connectivity index (χ0n) is 32.5. The number of carbonyl (C=O) groups is 1. The third kappa shape index (κ3) is 14.7. The summed E-state index contributed by atoms with van der Waals surface area (Å²) in [5.74, 6) is 0.444. The van der Waals surface area contributed by atoms with E-state index in [1.807, 2.05) is 12.1 Å². The van der Waals surface area contributed by atoms with Crippen molar-refractivity contribution in [2.75, 3.05) is 6.61 Å². The molecular weight excluding hydrogens is 645 g/mol. The molecule has 1 saturated carbocycles. The predicted octanol–water partition coefficient (Wildman–Crippen LogP) is 13.8. The SMILES string of the molecule is CCCCCCCCCCc1ccc([S+](c2ccc(CCCCCCCCCC)cc2)c2ccc(OCC(=O)OC3(CC)CCCC3)cc2)cc1. The second kappa shape index (κ2) is 23.8. The van der Waals surface area contributed by atoms with Crippen LogP contribution in [-0.4, -0.2) is 18.2 Å². The van der Waals surface area contributed by atoms with Crippen molar-refractivity contribution >= 4 is 16.9 Å². The summed E-state index contributed by atoms with van der Waals surface area (Å²) in [5, 5.41) is 0. The molecule has 0 bridgehead atoms. The lowest BCUT2D eigenvalue weighted by molar-refractivity contribution is -0.162. The summed E-state index contributed by atoms with van der Waals surface area (Å²) in [4.78, 5) is 16.6. The van der Waals surface area contributed by atoms with E-state index in [0.717, 1.165) is 44.9 Å². The van der Waals surface area contributed by atoms with E-state index < -0.39 is 0 Å². The van der Waals surface area contributed by atoms with Gasteiger partial charge in [-0.3, -0.25) is 0 Å². The van der Waals surface area contributed by atoms with Gasteiger partial charge in [-0.25, -0.2) is 4.79 Å². The van der Waals surface area contributed by atoms with Crippen molar-refractivity contribution in [2.45, 2.75) is 189 Å². The van der Waals surface area contributed by atoms with Crippen LogP contribution in [0.15, 0.2) is 87.5 Å². The maximum atomic E-state index is 12.7. The first-order valence-corrected chi connectivity index (χ1v) is 22.1. The third-order valence-corrected chi connectivity index (χ3v) is 13.1. The molecule has 51 heavy (non-hydrogen) atoms. The van der Waals surface area contributed by atoms with E-state index in [1.165, 1.54) is 129 Å². The monoisotopic (exact) mass is 713 g/mol. The van der Waals surface area contributed by atoms with Crippen LogP contribution < -0.4 is 4.74 Å². The van der Waals surface area contributed by atoms with E-state index in [4.69, 9.17) is 9.47 Å². The molecule has 0 aromatic heterocycles. The van der Waals surface area contributed by atoms with Gasteiger partial charge in [0.25, 0.3) is 0 Å². The minimum Gasteiger partial charge on any atom is -0.482 e. The molecule has 4 rings (SSSR count). The maximum Gasteiger partial charge on any atom is 0.344 e. The molecule has 3 nitrogen and oxygen atoms in total. The largest absolute Gasteiger partial charge is 0.482 e.